The third kappa shape index (κ3) is 3.84. The van der Waals surface area contributed by atoms with Crippen LogP contribution in [0.15, 0.2) is 30.5 Å². The van der Waals surface area contributed by atoms with Crippen LogP contribution in [-0.2, 0) is 11.3 Å². The van der Waals surface area contributed by atoms with E-state index in [9.17, 15) is 19.3 Å². The fourth-order valence-corrected chi connectivity index (χ4v) is 3.03. The zero-order valence-corrected chi connectivity index (χ0v) is 13.8. The van der Waals surface area contributed by atoms with E-state index in [1.54, 1.807) is 19.1 Å². The number of hydrogen-bond acceptors (Lipinski definition) is 4. The molecule has 1 aliphatic rings. The highest BCUT2D eigenvalue weighted by molar-refractivity contribution is 5.76. The number of aromatic nitrogens is 2. The average Bonchev–Trinajstić information content (AvgIpc) is 2.87. The third-order valence-corrected chi connectivity index (χ3v) is 4.63. The molecule has 1 aromatic carbocycles. The van der Waals surface area contributed by atoms with Crippen LogP contribution in [0.2, 0.25) is 0 Å². The van der Waals surface area contributed by atoms with E-state index in [-0.39, 0.29) is 30.1 Å². The van der Waals surface area contributed by atoms with Crippen LogP contribution in [0.1, 0.15) is 36.7 Å². The maximum absolute atomic E-state index is 13.2. The lowest BCUT2D eigenvalue weighted by molar-refractivity contribution is -0.389. The molecule has 1 amide bonds. The quantitative estimate of drug-likeness (QED) is 0.643. The van der Waals surface area contributed by atoms with Crippen molar-refractivity contribution in [1.82, 2.24) is 14.9 Å². The summed E-state index contributed by atoms with van der Waals surface area (Å²) in [5.74, 6) is -0.115. The molecule has 7 nitrogen and oxygen atoms in total. The van der Waals surface area contributed by atoms with Gasteiger partial charge in [-0.15, -0.1) is 0 Å². The maximum Gasteiger partial charge on any atom is 0.381 e. The molecule has 0 spiro atoms. The van der Waals surface area contributed by atoms with Crippen molar-refractivity contribution in [3.8, 4) is 0 Å². The van der Waals surface area contributed by atoms with Gasteiger partial charge in [0, 0.05) is 6.92 Å². The van der Waals surface area contributed by atoms with E-state index in [0.717, 1.165) is 24.8 Å². The summed E-state index contributed by atoms with van der Waals surface area (Å²) in [6.45, 7) is 1.57. The summed E-state index contributed by atoms with van der Waals surface area (Å²) < 4.78 is 14.6. The van der Waals surface area contributed by atoms with Gasteiger partial charge in [0.1, 0.15) is 18.6 Å². The lowest BCUT2D eigenvalue weighted by atomic mass is 9.77. The number of hydrogen-bond donors (Lipinski definition) is 1. The first kappa shape index (κ1) is 17.1. The van der Waals surface area contributed by atoms with Crippen LogP contribution >= 0.6 is 0 Å². The number of nitrogens with zero attached hydrogens (tertiary/aromatic N) is 3. The SMILES string of the molecule is Cc1nc([N+](=O)[O-])cn1CC(=O)N[C@@H](c1ccc(F)cc1)C1CCC1. The number of benzene rings is 1. The Morgan fingerprint density at radius 3 is 2.64 bits per heavy atom. The summed E-state index contributed by atoms with van der Waals surface area (Å²) in [5, 5.41) is 13.8. The molecule has 0 saturated heterocycles. The van der Waals surface area contributed by atoms with Gasteiger partial charge in [0.05, 0.1) is 6.04 Å². The molecular formula is C17H19FN4O3. The molecule has 3 rings (SSSR count). The van der Waals surface area contributed by atoms with E-state index in [2.05, 4.69) is 10.3 Å². The monoisotopic (exact) mass is 346 g/mol. The third-order valence-electron chi connectivity index (χ3n) is 4.63. The van der Waals surface area contributed by atoms with Gasteiger partial charge in [-0.3, -0.25) is 9.36 Å². The first-order valence-electron chi connectivity index (χ1n) is 8.17. The Kier molecular flexibility index (Phi) is 4.78. The molecule has 0 aliphatic heterocycles. The van der Waals surface area contributed by atoms with E-state index >= 15 is 0 Å². The molecule has 2 aromatic rings. The Morgan fingerprint density at radius 2 is 2.12 bits per heavy atom. The van der Waals surface area contributed by atoms with Gasteiger partial charge in [-0.1, -0.05) is 18.6 Å². The molecule has 1 fully saturated rings. The smallest absolute Gasteiger partial charge is 0.358 e. The predicted octanol–water partition coefficient (Wildman–Crippen LogP) is 2.90. The standard InChI is InChI=1S/C17H19FN4O3/c1-11-19-15(22(24)25)9-21(11)10-16(23)20-17(12-3-2-4-12)13-5-7-14(18)8-6-13/h5-9,12,17H,2-4,10H2,1H3,(H,20,23)/t17-/m1/s1. The Labute approximate surface area is 144 Å². The predicted molar refractivity (Wildman–Crippen MR) is 88.2 cm³/mol. The maximum atomic E-state index is 13.2. The van der Waals surface area contributed by atoms with E-state index in [0.29, 0.717) is 11.7 Å². The summed E-state index contributed by atoms with van der Waals surface area (Å²) in [7, 11) is 0. The first-order chi connectivity index (χ1) is 11.9. The normalized spacial score (nSPS) is 15.4. The van der Waals surface area contributed by atoms with Crippen molar-refractivity contribution >= 4 is 11.7 Å². The number of aryl methyl sites for hydroxylation is 1. The first-order valence-corrected chi connectivity index (χ1v) is 8.17. The van der Waals surface area contributed by atoms with Crippen molar-refractivity contribution in [2.45, 2.75) is 38.8 Å². The fraction of sp³-hybridized carbons (Fsp3) is 0.412. The van der Waals surface area contributed by atoms with Gasteiger partial charge in [0.2, 0.25) is 11.7 Å². The number of amides is 1. The highest BCUT2D eigenvalue weighted by atomic mass is 19.1. The van der Waals surface area contributed by atoms with E-state index in [1.165, 1.54) is 22.9 Å². The van der Waals surface area contributed by atoms with Gasteiger partial charge >= 0.3 is 5.82 Å². The molecule has 25 heavy (non-hydrogen) atoms. The Bertz CT molecular complexity index is 784. The van der Waals surface area contributed by atoms with Crippen LogP contribution in [0.25, 0.3) is 0 Å². The van der Waals surface area contributed by atoms with Crippen molar-refractivity contribution in [3.63, 3.8) is 0 Å². The minimum absolute atomic E-state index is 0.0446. The molecule has 1 atom stereocenters. The average molecular weight is 346 g/mol. The molecule has 1 N–H and O–H groups in total. The Morgan fingerprint density at radius 1 is 1.44 bits per heavy atom. The van der Waals surface area contributed by atoms with Crippen molar-refractivity contribution in [3.05, 3.63) is 57.8 Å². The topological polar surface area (TPSA) is 90.1 Å². The summed E-state index contributed by atoms with van der Waals surface area (Å²) in [6, 6.07) is 5.96. The number of imidazole rings is 1. The minimum atomic E-state index is -0.586. The van der Waals surface area contributed by atoms with Crippen LogP contribution in [0, 0.1) is 28.8 Å². The van der Waals surface area contributed by atoms with Crippen LogP contribution < -0.4 is 5.32 Å². The Hall–Kier alpha value is -2.77. The van der Waals surface area contributed by atoms with Crippen molar-refractivity contribution in [2.24, 2.45) is 5.92 Å². The molecule has 0 unspecified atom stereocenters. The summed E-state index contributed by atoms with van der Waals surface area (Å²) in [6.07, 6.45) is 4.39. The minimum Gasteiger partial charge on any atom is -0.358 e. The highest BCUT2D eigenvalue weighted by Crippen LogP contribution is 2.37. The van der Waals surface area contributed by atoms with Crippen LogP contribution in [0.3, 0.4) is 0 Å². The molecule has 0 bridgehead atoms. The van der Waals surface area contributed by atoms with Gasteiger partial charge in [-0.2, -0.15) is 0 Å². The van der Waals surface area contributed by atoms with Crippen molar-refractivity contribution in [2.75, 3.05) is 0 Å². The van der Waals surface area contributed by atoms with E-state index in [4.69, 9.17) is 0 Å². The number of rotatable bonds is 6. The summed E-state index contributed by atoms with van der Waals surface area (Å²) >= 11 is 0. The second-order valence-corrected chi connectivity index (χ2v) is 6.32. The van der Waals surface area contributed by atoms with Crippen molar-refractivity contribution < 1.29 is 14.1 Å². The highest BCUT2D eigenvalue weighted by Gasteiger charge is 2.30. The molecule has 1 aliphatic carbocycles. The molecule has 0 radical (unpaired) electrons. The number of carbonyl (C=O) groups is 1. The lowest BCUT2D eigenvalue weighted by Crippen LogP contribution is -2.38. The molecule has 1 saturated carbocycles. The summed E-state index contributed by atoms with van der Waals surface area (Å²) in [5.41, 5.74) is 0.868. The summed E-state index contributed by atoms with van der Waals surface area (Å²) in [4.78, 5) is 26.4. The zero-order chi connectivity index (χ0) is 18.0. The van der Waals surface area contributed by atoms with Crippen LogP contribution in [-0.4, -0.2) is 20.4 Å². The van der Waals surface area contributed by atoms with E-state index in [1.807, 2.05) is 0 Å². The number of halogens is 1. The van der Waals surface area contributed by atoms with Gasteiger partial charge < -0.3 is 15.4 Å². The zero-order valence-electron chi connectivity index (χ0n) is 13.8. The molecule has 8 heteroatoms. The van der Waals surface area contributed by atoms with Gasteiger partial charge in [0.15, 0.2) is 0 Å². The number of nitrogens with one attached hydrogen (secondary N) is 1. The molecule has 1 heterocycles. The molecule has 1 aromatic heterocycles. The van der Waals surface area contributed by atoms with Gasteiger partial charge in [-0.05, 0) is 46.4 Å². The second-order valence-electron chi connectivity index (χ2n) is 6.32. The molecule has 132 valence electrons. The number of carbonyl (C=O) groups excluding carboxylic acids is 1. The lowest BCUT2D eigenvalue weighted by Gasteiger charge is -2.34. The molecular weight excluding hydrogens is 327 g/mol. The number of nitro groups is 1. The van der Waals surface area contributed by atoms with Crippen LogP contribution in [0.5, 0.6) is 0 Å². The largest absolute Gasteiger partial charge is 0.381 e. The van der Waals surface area contributed by atoms with Gasteiger partial charge in [0.25, 0.3) is 0 Å². The van der Waals surface area contributed by atoms with Crippen LogP contribution in [0.4, 0.5) is 10.2 Å². The van der Waals surface area contributed by atoms with Crippen molar-refractivity contribution in [1.29, 1.82) is 0 Å². The fourth-order valence-electron chi connectivity index (χ4n) is 3.03. The Balaban J connectivity index is 1.72. The van der Waals surface area contributed by atoms with Gasteiger partial charge in [-0.25, -0.2) is 4.39 Å². The van der Waals surface area contributed by atoms with E-state index < -0.39 is 4.92 Å². The second kappa shape index (κ2) is 7.00.